The maximum Gasteiger partial charge on any atom is 0.407 e. The van der Waals surface area contributed by atoms with Crippen molar-refractivity contribution in [2.45, 2.75) is 62.5 Å². The van der Waals surface area contributed by atoms with Gasteiger partial charge in [0.1, 0.15) is 0 Å². The van der Waals surface area contributed by atoms with E-state index in [0.29, 0.717) is 25.2 Å². The van der Waals surface area contributed by atoms with Crippen molar-refractivity contribution < 1.29 is 51.6 Å². The maximum atomic E-state index is 14.4. The third kappa shape index (κ3) is 7.92. The minimum Gasteiger partial charge on any atom is -0.465 e. The lowest BCUT2D eigenvalue weighted by atomic mass is 9.89. The highest BCUT2D eigenvalue weighted by Crippen LogP contribution is 2.38. The number of hydrogen-bond donors (Lipinski definition) is 3. The standard InChI is InChI=1S/C35H43N3O11S/c1-35(2,13-14-36-32(40)30-9-6-15-45-30)21-37(50(43,44)24-10-11-29-31(18-24)49-22-48-29)19-28(39)26(17-23-7-4-3-5-8-23)38(34(41)42)27-20-47-33-25(27)12-16-46-33/h3-11,15,18,25-28,33,39H,12-14,16-17,19-22H2,1-2H3,(H,36,40)(H,41,42)/t25-,26-,27-,28+,33+/m0/s1. The van der Waals surface area contributed by atoms with E-state index in [0.717, 1.165) is 5.56 Å². The molecule has 0 bridgehead atoms. The van der Waals surface area contributed by atoms with Gasteiger partial charge in [0.2, 0.25) is 16.8 Å². The van der Waals surface area contributed by atoms with Crippen LogP contribution in [-0.4, -0.2) is 104 Å². The molecule has 270 valence electrons. The van der Waals surface area contributed by atoms with Crippen LogP contribution in [-0.2, 0) is 25.9 Å². The van der Waals surface area contributed by atoms with Crippen LogP contribution in [0.5, 0.6) is 11.5 Å². The van der Waals surface area contributed by atoms with Gasteiger partial charge in [0.05, 0.1) is 42.6 Å². The Kier molecular flexibility index (Phi) is 10.7. The SMILES string of the molecule is CC(C)(CCNC(=O)c1ccco1)CN(C[C@@H](O)[C@H](Cc1ccccc1)N(C(=O)O)[C@H]1CO[C@H]2OCC[C@H]21)S(=O)(=O)c1ccc2c(c1)OCO2. The fourth-order valence-corrected chi connectivity index (χ4v) is 8.53. The number of sulfonamides is 1. The van der Waals surface area contributed by atoms with E-state index < -0.39 is 58.5 Å². The number of aliphatic hydroxyl groups excluding tert-OH is 1. The number of ether oxygens (including phenoxy) is 4. The third-order valence-electron chi connectivity index (χ3n) is 9.48. The van der Waals surface area contributed by atoms with E-state index in [1.165, 1.54) is 33.7 Å². The van der Waals surface area contributed by atoms with Gasteiger partial charge in [0.25, 0.3) is 5.91 Å². The summed E-state index contributed by atoms with van der Waals surface area (Å²) in [5.41, 5.74) is 0.0630. The molecule has 6 rings (SSSR count). The molecule has 3 N–H and O–H groups in total. The zero-order valence-corrected chi connectivity index (χ0v) is 28.8. The Bertz CT molecular complexity index is 1740. The number of furan rings is 1. The van der Waals surface area contributed by atoms with Crippen molar-refractivity contribution in [3.8, 4) is 11.5 Å². The second-order valence-corrected chi connectivity index (χ2v) is 15.5. The summed E-state index contributed by atoms with van der Waals surface area (Å²) in [6, 6.07) is 15.0. The van der Waals surface area contributed by atoms with Gasteiger partial charge >= 0.3 is 6.09 Å². The van der Waals surface area contributed by atoms with Crippen molar-refractivity contribution in [1.29, 1.82) is 0 Å². The first-order valence-electron chi connectivity index (χ1n) is 16.6. The van der Waals surface area contributed by atoms with Gasteiger partial charge in [-0.15, -0.1) is 0 Å². The van der Waals surface area contributed by atoms with Gasteiger partial charge in [-0.3, -0.25) is 9.69 Å². The zero-order valence-electron chi connectivity index (χ0n) is 28.0. The molecule has 2 aromatic carbocycles. The summed E-state index contributed by atoms with van der Waals surface area (Å²) in [4.78, 5) is 26.7. The van der Waals surface area contributed by atoms with Crippen molar-refractivity contribution in [1.82, 2.24) is 14.5 Å². The molecule has 15 heteroatoms. The van der Waals surface area contributed by atoms with E-state index in [1.54, 1.807) is 12.1 Å². The molecule has 0 aliphatic carbocycles. The fourth-order valence-electron chi connectivity index (χ4n) is 6.86. The summed E-state index contributed by atoms with van der Waals surface area (Å²) in [5.74, 6) is 0.236. The highest BCUT2D eigenvalue weighted by Gasteiger charge is 2.49. The Morgan fingerprint density at radius 3 is 2.56 bits per heavy atom. The smallest absolute Gasteiger partial charge is 0.407 e. The first-order valence-corrected chi connectivity index (χ1v) is 18.0. The quantitative estimate of drug-likeness (QED) is 0.210. The Morgan fingerprint density at radius 2 is 1.82 bits per heavy atom. The van der Waals surface area contributed by atoms with E-state index in [9.17, 15) is 28.2 Å². The molecule has 2 amide bonds. The zero-order chi connectivity index (χ0) is 35.5. The minimum atomic E-state index is -4.29. The highest BCUT2D eigenvalue weighted by molar-refractivity contribution is 7.89. The summed E-state index contributed by atoms with van der Waals surface area (Å²) >= 11 is 0. The first-order chi connectivity index (χ1) is 23.9. The number of carbonyl (C=O) groups excluding carboxylic acids is 1. The number of amides is 2. The Balaban J connectivity index is 1.29. The lowest BCUT2D eigenvalue weighted by Gasteiger charge is -2.40. The monoisotopic (exact) mass is 713 g/mol. The molecular weight excluding hydrogens is 670 g/mol. The van der Waals surface area contributed by atoms with Gasteiger partial charge in [-0.1, -0.05) is 44.2 Å². The summed E-state index contributed by atoms with van der Waals surface area (Å²) in [6.07, 6.45) is -0.728. The molecule has 0 saturated carbocycles. The van der Waals surface area contributed by atoms with Crippen molar-refractivity contribution in [2.24, 2.45) is 11.3 Å². The molecule has 2 fully saturated rings. The van der Waals surface area contributed by atoms with E-state index >= 15 is 0 Å². The van der Waals surface area contributed by atoms with Crippen LogP contribution < -0.4 is 14.8 Å². The molecule has 14 nitrogen and oxygen atoms in total. The van der Waals surface area contributed by atoms with Crippen LogP contribution in [0.2, 0.25) is 0 Å². The average molecular weight is 714 g/mol. The number of nitrogens with one attached hydrogen (secondary N) is 1. The molecule has 50 heavy (non-hydrogen) atoms. The van der Waals surface area contributed by atoms with Crippen LogP contribution >= 0.6 is 0 Å². The molecule has 0 spiro atoms. The molecule has 3 aromatic rings. The molecule has 3 aliphatic heterocycles. The van der Waals surface area contributed by atoms with Crippen molar-refractivity contribution >= 4 is 22.0 Å². The predicted molar refractivity (Wildman–Crippen MR) is 178 cm³/mol. The third-order valence-corrected chi connectivity index (χ3v) is 11.3. The van der Waals surface area contributed by atoms with E-state index in [4.69, 9.17) is 23.4 Å². The summed E-state index contributed by atoms with van der Waals surface area (Å²) < 4.78 is 57.6. The van der Waals surface area contributed by atoms with Crippen LogP contribution in [0.25, 0.3) is 0 Å². The number of carboxylic acid groups (broad SMARTS) is 1. The average Bonchev–Trinajstić information content (AvgIpc) is 3.90. The number of hydrogen-bond acceptors (Lipinski definition) is 10. The first kappa shape index (κ1) is 35.7. The van der Waals surface area contributed by atoms with E-state index in [2.05, 4.69) is 5.32 Å². The topological polar surface area (TPSA) is 177 Å². The van der Waals surface area contributed by atoms with Gasteiger partial charge in [-0.25, -0.2) is 13.2 Å². The number of benzene rings is 2. The summed E-state index contributed by atoms with van der Waals surface area (Å²) in [5, 5.41) is 25.5. The van der Waals surface area contributed by atoms with Crippen molar-refractivity contribution in [3.05, 3.63) is 78.3 Å². The fraction of sp³-hybridized carbons (Fsp3) is 0.486. The van der Waals surface area contributed by atoms with Crippen molar-refractivity contribution in [3.63, 3.8) is 0 Å². The second kappa shape index (κ2) is 15.0. The van der Waals surface area contributed by atoms with Gasteiger partial charge in [-0.05, 0) is 54.5 Å². The minimum absolute atomic E-state index is 0.0397. The Labute approximate surface area is 290 Å². The van der Waals surface area contributed by atoms with Gasteiger partial charge < -0.3 is 38.9 Å². The van der Waals surface area contributed by atoms with Gasteiger partial charge in [0.15, 0.2) is 23.5 Å². The lowest BCUT2D eigenvalue weighted by molar-refractivity contribution is -0.0906. The molecule has 5 atom stereocenters. The van der Waals surface area contributed by atoms with Crippen molar-refractivity contribution in [2.75, 3.05) is 39.6 Å². The lowest BCUT2D eigenvalue weighted by Crippen LogP contribution is -2.58. The number of rotatable bonds is 15. The molecular formula is C35H43N3O11S. The van der Waals surface area contributed by atoms with Crippen LogP contribution in [0.15, 0.2) is 76.2 Å². The van der Waals surface area contributed by atoms with Crippen LogP contribution in [0.3, 0.4) is 0 Å². The van der Waals surface area contributed by atoms with Crippen LogP contribution in [0.4, 0.5) is 4.79 Å². The molecule has 0 unspecified atom stereocenters. The molecule has 0 radical (unpaired) electrons. The number of fused-ring (bicyclic) bond motifs is 2. The predicted octanol–water partition coefficient (Wildman–Crippen LogP) is 3.56. The van der Waals surface area contributed by atoms with Gasteiger partial charge in [0, 0.05) is 31.6 Å². The highest BCUT2D eigenvalue weighted by atomic mass is 32.2. The molecule has 3 aliphatic rings. The summed E-state index contributed by atoms with van der Waals surface area (Å²) in [7, 11) is -4.29. The van der Waals surface area contributed by atoms with Crippen LogP contribution in [0.1, 0.15) is 42.8 Å². The maximum absolute atomic E-state index is 14.4. The van der Waals surface area contributed by atoms with Crippen LogP contribution in [0, 0.1) is 11.3 Å². The number of nitrogens with zero attached hydrogens (tertiary/aromatic N) is 2. The largest absolute Gasteiger partial charge is 0.465 e. The number of carbonyl (C=O) groups is 2. The Hall–Kier alpha value is -4.15. The molecule has 2 saturated heterocycles. The van der Waals surface area contributed by atoms with Gasteiger partial charge in [-0.2, -0.15) is 4.31 Å². The summed E-state index contributed by atoms with van der Waals surface area (Å²) in [6.45, 7) is 3.96. The number of aliphatic hydroxyl groups is 1. The second-order valence-electron chi connectivity index (χ2n) is 13.6. The van der Waals surface area contributed by atoms with E-state index in [-0.39, 0.29) is 55.2 Å². The van der Waals surface area contributed by atoms with E-state index in [1.807, 2.05) is 44.2 Å². The molecule has 1 aromatic heterocycles. The normalized spacial score (nSPS) is 21.2. The Morgan fingerprint density at radius 1 is 1.04 bits per heavy atom. The molecule has 4 heterocycles.